The van der Waals surface area contributed by atoms with E-state index in [-0.39, 0.29) is 24.4 Å². The molecule has 0 unspecified atom stereocenters. The molecule has 30 heavy (non-hydrogen) atoms. The fourth-order valence-electron chi connectivity index (χ4n) is 3.90. The van der Waals surface area contributed by atoms with Gasteiger partial charge in [0.2, 0.25) is 0 Å². The molecule has 0 amide bonds. The van der Waals surface area contributed by atoms with E-state index in [1.54, 1.807) is 17.1 Å². The molecule has 0 radical (unpaired) electrons. The van der Waals surface area contributed by atoms with Crippen LogP contribution in [0.2, 0.25) is 0 Å². The van der Waals surface area contributed by atoms with Crippen molar-refractivity contribution in [3.05, 3.63) is 48.2 Å². The Labute approximate surface area is 179 Å². The lowest BCUT2D eigenvalue weighted by Crippen LogP contribution is -2.40. The van der Waals surface area contributed by atoms with Crippen LogP contribution in [0.25, 0.3) is 28.2 Å². The summed E-state index contributed by atoms with van der Waals surface area (Å²) in [5.74, 6) is 1.97. The Morgan fingerprint density at radius 1 is 1.13 bits per heavy atom. The Morgan fingerprint density at radius 3 is 2.67 bits per heavy atom. The maximum Gasteiger partial charge on any atom is 0.185 e. The minimum absolute atomic E-state index is 0. The lowest BCUT2D eigenvalue weighted by Gasteiger charge is -2.30. The quantitative estimate of drug-likeness (QED) is 0.457. The first-order valence-electron chi connectivity index (χ1n) is 9.73. The Hall–Kier alpha value is -2.88. The summed E-state index contributed by atoms with van der Waals surface area (Å²) in [7, 11) is 0. The van der Waals surface area contributed by atoms with E-state index in [4.69, 9.17) is 20.8 Å². The number of hydrogen-bond acceptors (Lipinski definition) is 7. The minimum atomic E-state index is -0.555. The summed E-state index contributed by atoms with van der Waals surface area (Å²) in [5, 5.41) is 22.1. The van der Waals surface area contributed by atoms with Gasteiger partial charge < -0.3 is 10.8 Å². The summed E-state index contributed by atoms with van der Waals surface area (Å²) < 4.78 is 1.75. The molecule has 10 heteroatoms. The van der Waals surface area contributed by atoms with Gasteiger partial charge in [-0.3, -0.25) is 10.1 Å². The van der Waals surface area contributed by atoms with Crippen LogP contribution < -0.4 is 5.73 Å². The number of aryl methyl sites for hydroxylation is 1. The molecule has 1 aliphatic carbocycles. The number of H-pyrrole nitrogens is 1. The van der Waals surface area contributed by atoms with Gasteiger partial charge in [0.15, 0.2) is 11.6 Å². The molecule has 1 aliphatic rings. The highest BCUT2D eigenvalue weighted by Gasteiger charge is 2.32. The van der Waals surface area contributed by atoms with Gasteiger partial charge in [-0.05, 0) is 38.3 Å². The highest BCUT2D eigenvalue weighted by atomic mass is 35.5. The van der Waals surface area contributed by atoms with Crippen molar-refractivity contribution in [1.29, 1.82) is 0 Å². The van der Waals surface area contributed by atoms with Crippen LogP contribution in [0.4, 0.5) is 0 Å². The van der Waals surface area contributed by atoms with Gasteiger partial charge in [0.25, 0.3) is 0 Å². The molecule has 5 rings (SSSR count). The molecule has 0 saturated heterocycles. The van der Waals surface area contributed by atoms with Gasteiger partial charge >= 0.3 is 0 Å². The number of fused-ring (bicyclic) bond motifs is 1. The predicted octanol–water partition coefficient (Wildman–Crippen LogP) is 2.29. The van der Waals surface area contributed by atoms with Crippen molar-refractivity contribution < 1.29 is 5.11 Å². The van der Waals surface area contributed by atoms with Crippen LogP contribution in [-0.4, -0.2) is 52.2 Å². The van der Waals surface area contributed by atoms with Gasteiger partial charge in [-0.2, -0.15) is 9.78 Å². The predicted molar refractivity (Wildman–Crippen MR) is 115 cm³/mol. The van der Waals surface area contributed by atoms with E-state index < -0.39 is 6.10 Å². The molecule has 1 aromatic carbocycles. The summed E-state index contributed by atoms with van der Waals surface area (Å²) in [4.78, 5) is 14.1. The fraction of sp³-hybridized carbons (Fsp3) is 0.350. The van der Waals surface area contributed by atoms with E-state index >= 15 is 0 Å². The van der Waals surface area contributed by atoms with Crippen molar-refractivity contribution in [2.24, 2.45) is 5.73 Å². The molecule has 1 fully saturated rings. The van der Waals surface area contributed by atoms with Gasteiger partial charge in [0, 0.05) is 17.7 Å². The smallest absolute Gasteiger partial charge is 0.185 e. The number of aromatic nitrogens is 7. The van der Waals surface area contributed by atoms with Crippen LogP contribution in [-0.2, 0) is 0 Å². The average molecular weight is 427 g/mol. The van der Waals surface area contributed by atoms with Crippen LogP contribution in [0, 0.1) is 6.92 Å². The number of halogens is 1. The van der Waals surface area contributed by atoms with E-state index in [2.05, 4.69) is 15.2 Å². The molecule has 4 aromatic rings. The molecule has 156 valence electrons. The van der Waals surface area contributed by atoms with Crippen molar-refractivity contribution in [3.8, 4) is 17.2 Å². The number of aliphatic hydroxyl groups excluding tert-OH is 1. The second-order valence-corrected chi connectivity index (χ2v) is 7.57. The third-order valence-electron chi connectivity index (χ3n) is 5.59. The third-order valence-corrected chi connectivity index (χ3v) is 5.59. The molecule has 9 nitrogen and oxygen atoms in total. The molecule has 1 saturated carbocycles. The summed E-state index contributed by atoms with van der Waals surface area (Å²) in [6.07, 6.45) is 4.99. The Bertz CT molecular complexity index is 1170. The average Bonchev–Trinajstić information content (AvgIpc) is 3.36. The number of aromatic amines is 1. The van der Waals surface area contributed by atoms with Crippen LogP contribution in [0.15, 0.2) is 36.7 Å². The minimum Gasteiger partial charge on any atom is -0.391 e. The van der Waals surface area contributed by atoms with Crippen molar-refractivity contribution in [2.75, 3.05) is 0 Å². The standard InChI is InChI=1S/C20H22N8O.ClH/c1-11-13(9-23-26-11)19-25-20(12-6-7-14(21)17(29)8-12)28(27-19)18-10-22-15-4-2-3-5-16(15)24-18;/h2-5,9-10,12,14,17,29H,6-8,21H2,1H3,(H,23,26);1H/t12-,14+,17+;/m0./s1. The number of rotatable bonds is 3. The second-order valence-electron chi connectivity index (χ2n) is 7.57. The molecular formula is C20H23ClN8O. The normalized spacial score (nSPS) is 21.5. The van der Waals surface area contributed by atoms with Crippen molar-refractivity contribution >= 4 is 23.4 Å². The maximum atomic E-state index is 10.3. The SMILES string of the molecule is Cc1[nH]ncc1-c1nc([C@H]2CC[C@@H](N)[C@H](O)C2)n(-c2cnc3ccccc3n2)n1.Cl. The van der Waals surface area contributed by atoms with Crippen LogP contribution in [0.3, 0.4) is 0 Å². The molecule has 3 heterocycles. The van der Waals surface area contributed by atoms with E-state index in [0.717, 1.165) is 41.0 Å². The first kappa shape index (κ1) is 20.4. The molecule has 3 atom stereocenters. The van der Waals surface area contributed by atoms with E-state index in [0.29, 0.717) is 18.1 Å². The van der Waals surface area contributed by atoms with Gasteiger partial charge in [-0.25, -0.2) is 9.97 Å². The van der Waals surface area contributed by atoms with Crippen LogP contribution >= 0.6 is 12.4 Å². The van der Waals surface area contributed by atoms with Crippen LogP contribution in [0.5, 0.6) is 0 Å². The molecule has 3 aromatic heterocycles. The number of hydrogen-bond donors (Lipinski definition) is 3. The number of aliphatic hydroxyl groups is 1. The van der Waals surface area contributed by atoms with E-state index in [1.165, 1.54) is 0 Å². The molecule has 0 bridgehead atoms. The highest BCUT2D eigenvalue weighted by Crippen LogP contribution is 2.34. The number of para-hydroxylation sites is 2. The number of nitrogens with two attached hydrogens (primary N) is 1. The zero-order valence-electron chi connectivity index (χ0n) is 16.4. The Morgan fingerprint density at radius 2 is 1.93 bits per heavy atom. The largest absolute Gasteiger partial charge is 0.391 e. The highest BCUT2D eigenvalue weighted by molar-refractivity contribution is 5.85. The number of nitrogens with one attached hydrogen (secondary N) is 1. The molecule has 0 spiro atoms. The van der Waals surface area contributed by atoms with Gasteiger partial charge in [-0.15, -0.1) is 17.5 Å². The maximum absolute atomic E-state index is 10.3. The van der Waals surface area contributed by atoms with E-state index in [9.17, 15) is 5.11 Å². The summed E-state index contributed by atoms with van der Waals surface area (Å²) in [5.41, 5.74) is 9.35. The Balaban J connectivity index is 0.00000218. The monoisotopic (exact) mass is 426 g/mol. The molecular weight excluding hydrogens is 404 g/mol. The zero-order chi connectivity index (χ0) is 20.0. The second kappa shape index (κ2) is 8.10. The summed E-state index contributed by atoms with van der Waals surface area (Å²) in [6.45, 7) is 1.93. The van der Waals surface area contributed by atoms with Crippen molar-refractivity contribution in [1.82, 2.24) is 34.9 Å². The summed E-state index contributed by atoms with van der Waals surface area (Å²) in [6, 6.07) is 7.52. The third kappa shape index (κ3) is 3.55. The van der Waals surface area contributed by atoms with E-state index in [1.807, 2.05) is 31.2 Å². The van der Waals surface area contributed by atoms with Gasteiger partial charge in [-0.1, -0.05) is 12.1 Å². The van der Waals surface area contributed by atoms with Gasteiger partial charge in [0.05, 0.1) is 35.1 Å². The van der Waals surface area contributed by atoms with Crippen molar-refractivity contribution in [3.63, 3.8) is 0 Å². The molecule has 4 N–H and O–H groups in total. The first-order chi connectivity index (χ1) is 14.1. The topological polar surface area (TPSA) is 131 Å². The molecule has 0 aliphatic heterocycles. The number of nitrogens with zero attached hydrogens (tertiary/aromatic N) is 6. The first-order valence-corrected chi connectivity index (χ1v) is 9.73. The van der Waals surface area contributed by atoms with Crippen LogP contribution in [0.1, 0.15) is 36.7 Å². The fourth-order valence-corrected chi connectivity index (χ4v) is 3.90. The number of benzene rings is 1. The van der Waals surface area contributed by atoms with Gasteiger partial charge in [0.1, 0.15) is 5.82 Å². The van der Waals surface area contributed by atoms with Crippen molar-refractivity contribution in [2.45, 2.75) is 44.2 Å². The lowest BCUT2D eigenvalue weighted by atomic mass is 9.84. The Kier molecular flexibility index (Phi) is 5.50. The summed E-state index contributed by atoms with van der Waals surface area (Å²) >= 11 is 0. The lowest BCUT2D eigenvalue weighted by molar-refractivity contribution is 0.0961. The zero-order valence-corrected chi connectivity index (χ0v) is 17.3.